The minimum absolute atomic E-state index is 0.0979. The van der Waals surface area contributed by atoms with Crippen LogP contribution >= 0.6 is 15.9 Å². The number of hydrogen-bond donors (Lipinski definition) is 2. The Morgan fingerprint density at radius 2 is 2.10 bits per heavy atom. The second-order valence-corrected chi connectivity index (χ2v) is 7.27. The molecule has 0 bridgehead atoms. The number of rotatable bonds is 5. The van der Waals surface area contributed by atoms with Crippen LogP contribution in [0.15, 0.2) is 21.5 Å². The average Bonchev–Trinajstić information content (AvgIpc) is 2.43. The van der Waals surface area contributed by atoms with Crippen molar-refractivity contribution in [3.8, 4) is 5.75 Å². The third kappa shape index (κ3) is 3.38. The van der Waals surface area contributed by atoms with E-state index in [1.165, 1.54) is 6.07 Å². The molecule has 0 spiro atoms. The molecule has 0 aliphatic carbocycles. The quantitative estimate of drug-likeness (QED) is 0.825. The number of fused-ring (bicyclic) bond motifs is 1. The zero-order chi connectivity index (χ0) is 15.6. The summed E-state index contributed by atoms with van der Waals surface area (Å²) in [6, 6.07) is 2.97. The monoisotopic (exact) mass is 376 g/mol. The van der Waals surface area contributed by atoms with Crippen LogP contribution in [-0.4, -0.2) is 27.0 Å². The molecule has 21 heavy (non-hydrogen) atoms. The van der Waals surface area contributed by atoms with E-state index in [0.29, 0.717) is 35.3 Å². The van der Waals surface area contributed by atoms with E-state index >= 15 is 0 Å². The number of amides is 1. The van der Waals surface area contributed by atoms with Crippen molar-refractivity contribution in [2.75, 3.05) is 11.9 Å². The van der Waals surface area contributed by atoms with Crippen LogP contribution in [0.4, 0.5) is 5.69 Å². The molecule has 0 aromatic heterocycles. The molecule has 6 nitrogen and oxygen atoms in total. The molecule has 8 heteroatoms. The van der Waals surface area contributed by atoms with Crippen molar-refractivity contribution in [3.05, 3.63) is 16.6 Å². The van der Waals surface area contributed by atoms with Gasteiger partial charge in [-0.1, -0.05) is 13.8 Å². The topological polar surface area (TPSA) is 84.5 Å². The molecule has 2 rings (SSSR count). The van der Waals surface area contributed by atoms with E-state index in [1.54, 1.807) is 6.07 Å². The number of halogens is 1. The Hall–Kier alpha value is -1.12. The zero-order valence-electron chi connectivity index (χ0n) is 11.8. The van der Waals surface area contributed by atoms with Crippen LogP contribution in [0.1, 0.15) is 26.7 Å². The van der Waals surface area contributed by atoms with Crippen LogP contribution < -0.4 is 14.8 Å². The van der Waals surface area contributed by atoms with Gasteiger partial charge in [0, 0.05) is 17.1 Å². The first-order valence-corrected chi connectivity index (χ1v) is 8.97. The molecule has 0 radical (unpaired) electrons. The number of hydrogen-bond acceptors (Lipinski definition) is 4. The van der Waals surface area contributed by atoms with Gasteiger partial charge in [0.25, 0.3) is 5.91 Å². The number of carbonyl (C=O) groups is 1. The average molecular weight is 377 g/mol. The van der Waals surface area contributed by atoms with Crippen molar-refractivity contribution in [1.29, 1.82) is 0 Å². The summed E-state index contributed by atoms with van der Waals surface area (Å²) < 4.78 is 32.9. The summed E-state index contributed by atoms with van der Waals surface area (Å²) in [6.45, 7) is 4.07. The Balaban J connectivity index is 2.41. The molecule has 1 heterocycles. The number of ether oxygens (including phenoxy) is 1. The maximum Gasteiger partial charge on any atom is 0.265 e. The van der Waals surface area contributed by atoms with Gasteiger partial charge in [0.1, 0.15) is 5.75 Å². The maximum atomic E-state index is 12.2. The van der Waals surface area contributed by atoms with Gasteiger partial charge in [0.15, 0.2) is 6.10 Å². The molecule has 2 N–H and O–H groups in total. The first-order chi connectivity index (χ1) is 9.89. The number of nitrogens with one attached hydrogen (secondary N) is 2. The van der Waals surface area contributed by atoms with Crippen molar-refractivity contribution < 1.29 is 17.9 Å². The van der Waals surface area contributed by atoms with Gasteiger partial charge in [-0.3, -0.25) is 4.79 Å². The van der Waals surface area contributed by atoms with Crippen molar-refractivity contribution in [3.63, 3.8) is 0 Å². The van der Waals surface area contributed by atoms with E-state index in [2.05, 4.69) is 26.0 Å². The second kappa shape index (κ2) is 6.33. The molecule has 0 saturated carbocycles. The van der Waals surface area contributed by atoms with Crippen LogP contribution in [0.2, 0.25) is 0 Å². The molecule has 1 atom stereocenters. The third-order valence-electron chi connectivity index (χ3n) is 3.06. The normalized spacial score (nSPS) is 17.9. The summed E-state index contributed by atoms with van der Waals surface area (Å²) in [7, 11) is -3.61. The van der Waals surface area contributed by atoms with Gasteiger partial charge in [0.2, 0.25) is 10.0 Å². The van der Waals surface area contributed by atoms with E-state index in [1.807, 2.05) is 13.8 Å². The summed E-state index contributed by atoms with van der Waals surface area (Å²) in [5.74, 6) is 0.137. The molecule has 1 aliphatic rings. The second-order valence-electron chi connectivity index (χ2n) is 4.68. The van der Waals surface area contributed by atoms with Gasteiger partial charge >= 0.3 is 0 Å². The highest BCUT2D eigenvalue weighted by molar-refractivity contribution is 9.10. The first kappa shape index (κ1) is 16.3. The van der Waals surface area contributed by atoms with E-state index in [0.717, 1.165) is 0 Å². The molecule has 1 aromatic carbocycles. The van der Waals surface area contributed by atoms with E-state index in [9.17, 15) is 13.2 Å². The van der Waals surface area contributed by atoms with Crippen LogP contribution in [-0.2, 0) is 14.8 Å². The minimum atomic E-state index is -3.61. The highest BCUT2D eigenvalue weighted by Gasteiger charge is 2.29. The van der Waals surface area contributed by atoms with Crippen molar-refractivity contribution in [2.45, 2.75) is 37.7 Å². The van der Waals surface area contributed by atoms with Crippen LogP contribution in [0.5, 0.6) is 5.75 Å². The molecule has 1 unspecified atom stereocenters. The minimum Gasteiger partial charge on any atom is -0.478 e. The Labute approximate surface area is 132 Å². The Bertz CT molecular complexity index is 660. The molecular formula is C13H17BrN2O4S. The standard InChI is InChI=1S/C13H17BrN2O4S/c1-3-5-15-21(18,19)12-7-11-9(6-8(12)14)16-13(17)10(4-2)20-11/h6-7,10,15H,3-5H2,1-2H3,(H,16,17). The smallest absolute Gasteiger partial charge is 0.265 e. The van der Waals surface area contributed by atoms with Crippen LogP contribution in [0, 0.1) is 0 Å². The van der Waals surface area contributed by atoms with Crippen molar-refractivity contribution in [2.24, 2.45) is 0 Å². The number of anilines is 1. The lowest BCUT2D eigenvalue weighted by molar-refractivity contribution is -0.123. The Morgan fingerprint density at radius 3 is 2.71 bits per heavy atom. The van der Waals surface area contributed by atoms with Gasteiger partial charge in [-0.15, -0.1) is 0 Å². The van der Waals surface area contributed by atoms with Crippen LogP contribution in [0.25, 0.3) is 0 Å². The summed E-state index contributed by atoms with van der Waals surface area (Å²) in [6.07, 6.45) is 0.613. The fourth-order valence-electron chi connectivity index (χ4n) is 1.94. The van der Waals surface area contributed by atoms with Crippen molar-refractivity contribution in [1.82, 2.24) is 4.72 Å². The molecular weight excluding hydrogens is 360 g/mol. The maximum absolute atomic E-state index is 12.2. The van der Waals surface area contributed by atoms with Gasteiger partial charge < -0.3 is 10.1 Å². The SMILES string of the molecule is CCCNS(=O)(=O)c1cc2c(cc1Br)NC(=O)C(CC)O2. The molecule has 0 saturated heterocycles. The van der Waals surface area contributed by atoms with E-state index in [4.69, 9.17) is 4.74 Å². The summed E-state index contributed by atoms with van der Waals surface area (Å²) in [5, 5.41) is 2.71. The lowest BCUT2D eigenvalue weighted by Crippen LogP contribution is -2.36. The Morgan fingerprint density at radius 1 is 1.38 bits per heavy atom. The zero-order valence-corrected chi connectivity index (χ0v) is 14.2. The van der Waals surface area contributed by atoms with Gasteiger partial charge in [-0.05, 0) is 34.8 Å². The van der Waals surface area contributed by atoms with Gasteiger partial charge in [-0.2, -0.15) is 0 Å². The van der Waals surface area contributed by atoms with Gasteiger partial charge in [0.05, 0.1) is 10.6 Å². The molecule has 0 fully saturated rings. The van der Waals surface area contributed by atoms with Crippen molar-refractivity contribution >= 4 is 37.5 Å². The fourth-order valence-corrected chi connectivity index (χ4v) is 4.13. The highest BCUT2D eigenvalue weighted by Crippen LogP contribution is 2.37. The predicted molar refractivity (Wildman–Crippen MR) is 83.0 cm³/mol. The largest absolute Gasteiger partial charge is 0.478 e. The highest BCUT2D eigenvalue weighted by atomic mass is 79.9. The summed E-state index contributed by atoms with van der Waals surface area (Å²) in [5.41, 5.74) is 0.464. The van der Waals surface area contributed by atoms with E-state index < -0.39 is 16.1 Å². The lowest BCUT2D eigenvalue weighted by Gasteiger charge is -2.26. The molecule has 1 aliphatic heterocycles. The first-order valence-electron chi connectivity index (χ1n) is 6.69. The summed E-state index contributed by atoms with van der Waals surface area (Å²) >= 11 is 3.23. The lowest BCUT2D eigenvalue weighted by atomic mass is 10.2. The van der Waals surface area contributed by atoms with E-state index in [-0.39, 0.29) is 10.8 Å². The number of benzene rings is 1. The molecule has 1 amide bonds. The van der Waals surface area contributed by atoms with Crippen LogP contribution in [0.3, 0.4) is 0 Å². The predicted octanol–water partition coefficient (Wildman–Crippen LogP) is 2.25. The number of carbonyl (C=O) groups excluding carboxylic acids is 1. The third-order valence-corrected chi connectivity index (χ3v) is 5.48. The molecule has 116 valence electrons. The summed E-state index contributed by atoms with van der Waals surface area (Å²) in [4.78, 5) is 11.8. The molecule has 1 aromatic rings. The fraction of sp³-hybridized carbons (Fsp3) is 0.462. The Kier molecular flexibility index (Phi) is 4.90. The number of sulfonamides is 1. The van der Waals surface area contributed by atoms with Gasteiger partial charge in [-0.25, -0.2) is 13.1 Å².